The predicted octanol–water partition coefficient (Wildman–Crippen LogP) is 3.07. The quantitative estimate of drug-likeness (QED) is 0.873. The zero-order chi connectivity index (χ0) is 12.3. The summed E-state index contributed by atoms with van der Waals surface area (Å²) in [5.74, 6) is 0.876. The highest BCUT2D eigenvalue weighted by molar-refractivity contribution is 6.30. The van der Waals surface area contributed by atoms with Gasteiger partial charge in [0.05, 0.1) is 0 Å². The van der Waals surface area contributed by atoms with E-state index in [-0.39, 0.29) is 0 Å². The third-order valence-electron chi connectivity index (χ3n) is 3.78. The minimum atomic E-state index is 0.313. The van der Waals surface area contributed by atoms with Crippen molar-refractivity contribution >= 4 is 11.6 Å². The van der Waals surface area contributed by atoms with Crippen LogP contribution in [0.25, 0.3) is 0 Å². The Balaban J connectivity index is 2.00. The lowest BCUT2D eigenvalue weighted by Gasteiger charge is -2.34. The van der Waals surface area contributed by atoms with Gasteiger partial charge in [-0.3, -0.25) is 4.90 Å². The molecular weight excluding hydrogens is 232 g/mol. The molecule has 1 aromatic carbocycles. The van der Waals surface area contributed by atoms with Gasteiger partial charge < -0.3 is 5.73 Å². The molecule has 0 aliphatic heterocycles. The number of nitrogens with two attached hydrogens (primary N) is 1. The maximum atomic E-state index is 5.91. The van der Waals surface area contributed by atoms with Gasteiger partial charge in [-0.1, -0.05) is 30.2 Å². The van der Waals surface area contributed by atoms with E-state index < -0.39 is 0 Å². The van der Waals surface area contributed by atoms with Gasteiger partial charge >= 0.3 is 0 Å². The first-order chi connectivity index (χ1) is 8.20. The van der Waals surface area contributed by atoms with Gasteiger partial charge in [-0.25, -0.2) is 0 Å². The smallest absolute Gasteiger partial charge is 0.0467 e. The average molecular weight is 253 g/mol. The van der Waals surface area contributed by atoms with E-state index in [0.29, 0.717) is 12.6 Å². The van der Waals surface area contributed by atoms with Crippen molar-refractivity contribution in [3.63, 3.8) is 0 Å². The minimum absolute atomic E-state index is 0.313. The molecule has 1 fully saturated rings. The van der Waals surface area contributed by atoms with Gasteiger partial charge in [0.2, 0.25) is 0 Å². The molecule has 0 amide bonds. The highest BCUT2D eigenvalue weighted by Gasteiger charge is 2.23. The molecule has 1 unspecified atom stereocenters. The van der Waals surface area contributed by atoms with E-state index in [1.54, 1.807) is 0 Å². The van der Waals surface area contributed by atoms with Crippen LogP contribution in [-0.4, -0.2) is 25.0 Å². The standard InChI is InChI=1S/C14H21ClN2/c1-17(10-11-3-2-4-11)14(9-16)12-5-7-13(15)8-6-12/h5-8,11,14H,2-4,9-10,16H2,1H3. The average Bonchev–Trinajstić information content (AvgIpc) is 2.27. The van der Waals surface area contributed by atoms with E-state index in [0.717, 1.165) is 17.5 Å². The van der Waals surface area contributed by atoms with Gasteiger partial charge in [0, 0.05) is 24.2 Å². The van der Waals surface area contributed by atoms with Crippen LogP contribution in [0.3, 0.4) is 0 Å². The first-order valence-corrected chi connectivity index (χ1v) is 6.74. The first kappa shape index (κ1) is 12.9. The highest BCUT2D eigenvalue weighted by atomic mass is 35.5. The minimum Gasteiger partial charge on any atom is -0.329 e. The number of likely N-dealkylation sites (N-methyl/N-ethyl adjacent to an activating group) is 1. The maximum absolute atomic E-state index is 5.91. The molecule has 0 saturated heterocycles. The summed E-state index contributed by atoms with van der Waals surface area (Å²) in [6, 6.07) is 8.36. The molecule has 17 heavy (non-hydrogen) atoms. The molecule has 3 heteroatoms. The molecule has 1 aromatic rings. The topological polar surface area (TPSA) is 29.3 Å². The SMILES string of the molecule is CN(CC1CCC1)C(CN)c1ccc(Cl)cc1. The zero-order valence-electron chi connectivity index (χ0n) is 10.4. The Morgan fingerprint density at radius 3 is 2.47 bits per heavy atom. The van der Waals surface area contributed by atoms with Crippen molar-refractivity contribution in [3.8, 4) is 0 Å². The second-order valence-corrected chi connectivity index (χ2v) is 5.48. The fraction of sp³-hybridized carbons (Fsp3) is 0.571. The lowest BCUT2D eigenvalue weighted by Crippen LogP contribution is -2.36. The number of benzene rings is 1. The maximum Gasteiger partial charge on any atom is 0.0467 e. The van der Waals surface area contributed by atoms with Crippen molar-refractivity contribution in [2.75, 3.05) is 20.1 Å². The van der Waals surface area contributed by atoms with Crippen LogP contribution in [0.15, 0.2) is 24.3 Å². The van der Waals surface area contributed by atoms with Crippen LogP contribution in [0.1, 0.15) is 30.9 Å². The molecule has 0 bridgehead atoms. The molecule has 94 valence electrons. The first-order valence-electron chi connectivity index (χ1n) is 6.36. The van der Waals surface area contributed by atoms with E-state index in [1.807, 2.05) is 12.1 Å². The molecule has 1 aliphatic rings. The largest absolute Gasteiger partial charge is 0.329 e. The summed E-state index contributed by atoms with van der Waals surface area (Å²) in [6.45, 7) is 1.81. The summed E-state index contributed by atoms with van der Waals surface area (Å²) < 4.78 is 0. The third-order valence-corrected chi connectivity index (χ3v) is 4.03. The normalized spacial score (nSPS) is 18.1. The monoisotopic (exact) mass is 252 g/mol. The Kier molecular flexibility index (Phi) is 4.43. The molecule has 0 radical (unpaired) electrons. The summed E-state index contributed by atoms with van der Waals surface area (Å²) in [7, 11) is 2.17. The fourth-order valence-electron chi connectivity index (χ4n) is 2.47. The fourth-order valence-corrected chi connectivity index (χ4v) is 2.59. The van der Waals surface area contributed by atoms with Crippen LogP contribution < -0.4 is 5.73 Å². The van der Waals surface area contributed by atoms with Crippen LogP contribution in [0.4, 0.5) is 0 Å². The molecule has 1 atom stereocenters. The number of hydrogen-bond donors (Lipinski definition) is 1. The van der Waals surface area contributed by atoms with Crippen LogP contribution in [0.2, 0.25) is 5.02 Å². The Bertz CT molecular complexity index is 346. The Hall–Kier alpha value is -0.570. The molecule has 0 aromatic heterocycles. The van der Waals surface area contributed by atoms with Crippen LogP contribution in [0.5, 0.6) is 0 Å². The van der Waals surface area contributed by atoms with Crippen molar-refractivity contribution in [1.29, 1.82) is 0 Å². The lowest BCUT2D eigenvalue weighted by atomic mass is 9.85. The van der Waals surface area contributed by atoms with Gasteiger partial charge in [-0.05, 0) is 43.5 Å². The summed E-state index contributed by atoms with van der Waals surface area (Å²) in [5, 5.41) is 0.783. The summed E-state index contributed by atoms with van der Waals surface area (Å²) >= 11 is 5.91. The zero-order valence-corrected chi connectivity index (χ0v) is 11.2. The Morgan fingerprint density at radius 2 is 2.00 bits per heavy atom. The summed E-state index contributed by atoms with van der Waals surface area (Å²) in [5.41, 5.74) is 7.17. The summed E-state index contributed by atoms with van der Waals surface area (Å²) in [6.07, 6.45) is 4.15. The van der Waals surface area contributed by atoms with E-state index in [2.05, 4.69) is 24.1 Å². The van der Waals surface area contributed by atoms with Crippen molar-refractivity contribution in [2.24, 2.45) is 11.7 Å². The molecule has 2 rings (SSSR count). The van der Waals surface area contributed by atoms with E-state index in [1.165, 1.54) is 24.8 Å². The molecule has 1 aliphatic carbocycles. The number of rotatable bonds is 5. The van der Waals surface area contributed by atoms with Crippen molar-refractivity contribution in [3.05, 3.63) is 34.9 Å². The van der Waals surface area contributed by atoms with Crippen molar-refractivity contribution in [2.45, 2.75) is 25.3 Å². The van der Waals surface area contributed by atoms with E-state index >= 15 is 0 Å². The van der Waals surface area contributed by atoms with E-state index in [4.69, 9.17) is 17.3 Å². The van der Waals surface area contributed by atoms with Crippen molar-refractivity contribution < 1.29 is 0 Å². The van der Waals surface area contributed by atoms with Gasteiger partial charge in [0.15, 0.2) is 0 Å². The van der Waals surface area contributed by atoms with Gasteiger partial charge in [-0.15, -0.1) is 0 Å². The Labute approximate surface area is 109 Å². The highest BCUT2D eigenvalue weighted by Crippen LogP contribution is 2.29. The molecule has 2 nitrogen and oxygen atoms in total. The second-order valence-electron chi connectivity index (χ2n) is 5.04. The van der Waals surface area contributed by atoms with Crippen LogP contribution in [-0.2, 0) is 0 Å². The molecule has 1 saturated carbocycles. The third kappa shape index (κ3) is 3.21. The van der Waals surface area contributed by atoms with Crippen molar-refractivity contribution in [1.82, 2.24) is 4.90 Å². The molecule has 2 N–H and O–H groups in total. The number of halogens is 1. The van der Waals surface area contributed by atoms with E-state index in [9.17, 15) is 0 Å². The summed E-state index contributed by atoms with van der Waals surface area (Å²) in [4.78, 5) is 2.38. The van der Waals surface area contributed by atoms with Gasteiger partial charge in [0.25, 0.3) is 0 Å². The Morgan fingerprint density at radius 1 is 1.35 bits per heavy atom. The van der Waals surface area contributed by atoms with Crippen LogP contribution in [0, 0.1) is 5.92 Å². The number of nitrogens with zero attached hydrogens (tertiary/aromatic N) is 1. The molecule has 0 heterocycles. The van der Waals surface area contributed by atoms with Crippen LogP contribution >= 0.6 is 11.6 Å². The molecular formula is C14H21ClN2. The van der Waals surface area contributed by atoms with Gasteiger partial charge in [-0.2, -0.15) is 0 Å². The molecule has 0 spiro atoms. The second kappa shape index (κ2) is 5.85. The predicted molar refractivity (Wildman–Crippen MR) is 73.2 cm³/mol. The number of hydrogen-bond acceptors (Lipinski definition) is 2. The van der Waals surface area contributed by atoms with Gasteiger partial charge in [0.1, 0.15) is 0 Å². The lowest BCUT2D eigenvalue weighted by molar-refractivity contribution is 0.165.